The molecule has 0 spiro atoms. The van der Waals surface area contributed by atoms with E-state index in [0.29, 0.717) is 40.9 Å². The molecule has 0 saturated heterocycles. The summed E-state index contributed by atoms with van der Waals surface area (Å²) in [5, 5.41) is 10.0. The SMILES string of the molecule is CCCCc1ncc(/C=C(\Cc2ccc(OC)c(OC)c2)C(=O)O)n1-c1ccc(OC)cc1C(=O)OC. The Bertz CT molecular complexity index is 1290. The minimum atomic E-state index is -1.07. The van der Waals surface area contributed by atoms with E-state index in [2.05, 4.69) is 11.9 Å². The first-order valence-electron chi connectivity index (χ1n) is 11.8. The Morgan fingerprint density at radius 2 is 1.76 bits per heavy atom. The minimum absolute atomic E-state index is 0.137. The Balaban J connectivity index is 2.15. The van der Waals surface area contributed by atoms with E-state index in [-0.39, 0.29) is 17.6 Å². The molecule has 1 aromatic heterocycles. The number of unbranched alkanes of at least 4 members (excludes halogenated alkanes) is 1. The third-order valence-corrected chi connectivity index (χ3v) is 5.91. The summed E-state index contributed by atoms with van der Waals surface area (Å²) in [5.74, 6) is 0.664. The van der Waals surface area contributed by atoms with Gasteiger partial charge in [-0.1, -0.05) is 19.4 Å². The number of carboxylic acids is 1. The molecule has 1 heterocycles. The van der Waals surface area contributed by atoms with Crippen molar-refractivity contribution in [2.45, 2.75) is 32.6 Å². The lowest BCUT2D eigenvalue weighted by Gasteiger charge is -2.16. The molecule has 0 atom stereocenters. The van der Waals surface area contributed by atoms with E-state index in [1.54, 1.807) is 60.3 Å². The summed E-state index contributed by atoms with van der Waals surface area (Å²) in [5.41, 5.74) is 2.22. The van der Waals surface area contributed by atoms with Crippen molar-refractivity contribution in [1.82, 2.24) is 9.55 Å². The second-order valence-corrected chi connectivity index (χ2v) is 8.25. The lowest BCUT2D eigenvalue weighted by Crippen LogP contribution is -2.12. The van der Waals surface area contributed by atoms with E-state index in [9.17, 15) is 14.7 Å². The van der Waals surface area contributed by atoms with Crippen LogP contribution in [0.2, 0.25) is 0 Å². The van der Waals surface area contributed by atoms with Crippen molar-refractivity contribution in [2.24, 2.45) is 0 Å². The Kier molecular flexibility index (Phi) is 9.32. The summed E-state index contributed by atoms with van der Waals surface area (Å²) in [7, 11) is 5.89. The van der Waals surface area contributed by atoms with Crippen LogP contribution in [-0.2, 0) is 22.4 Å². The molecular formula is C28H32N2O7. The molecule has 0 radical (unpaired) electrons. The van der Waals surface area contributed by atoms with E-state index in [1.165, 1.54) is 21.3 Å². The number of aliphatic carboxylic acids is 1. The number of hydrogen-bond donors (Lipinski definition) is 1. The van der Waals surface area contributed by atoms with Crippen LogP contribution in [-0.4, -0.2) is 55.0 Å². The zero-order chi connectivity index (χ0) is 26.9. The van der Waals surface area contributed by atoms with Gasteiger partial charge in [-0.3, -0.25) is 4.57 Å². The average Bonchev–Trinajstić information content (AvgIpc) is 3.32. The standard InChI is InChI=1S/C28H32N2O7/c1-6-7-8-26-29-17-20(30(26)23-11-10-21(34-2)16-22(23)28(33)37-5)15-19(27(31)32)13-18-9-12-24(35-3)25(14-18)36-4/h9-12,14-17H,6-8,13H2,1-5H3,(H,31,32)/b19-15+. The van der Waals surface area contributed by atoms with Crippen LogP contribution in [0, 0.1) is 0 Å². The number of ether oxygens (including phenoxy) is 4. The fourth-order valence-corrected chi connectivity index (χ4v) is 3.98. The zero-order valence-electron chi connectivity index (χ0n) is 21.7. The maximum Gasteiger partial charge on any atom is 0.340 e. The first-order chi connectivity index (χ1) is 17.9. The van der Waals surface area contributed by atoms with E-state index >= 15 is 0 Å². The monoisotopic (exact) mass is 508 g/mol. The minimum Gasteiger partial charge on any atom is -0.497 e. The fourth-order valence-electron chi connectivity index (χ4n) is 3.98. The van der Waals surface area contributed by atoms with Crippen LogP contribution in [0.4, 0.5) is 0 Å². The first kappa shape index (κ1) is 27.3. The molecule has 0 saturated carbocycles. The molecule has 0 fully saturated rings. The van der Waals surface area contributed by atoms with Gasteiger partial charge in [0.2, 0.25) is 0 Å². The van der Waals surface area contributed by atoms with E-state index in [1.807, 2.05) is 0 Å². The van der Waals surface area contributed by atoms with Crippen molar-refractivity contribution in [3.05, 3.63) is 70.8 Å². The highest BCUT2D eigenvalue weighted by Gasteiger charge is 2.21. The van der Waals surface area contributed by atoms with Crippen LogP contribution in [0.3, 0.4) is 0 Å². The number of hydrogen-bond acceptors (Lipinski definition) is 7. The van der Waals surface area contributed by atoms with Crippen molar-refractivity contribution in [2.75, 3.05) is 28.4 Å². The van der Waals surface area contributed by atoms with Crippen LogP contribution >= 0.6 is 0 Å². The molecular weight excluding hydrogens is 476 g/mol. The number of esters is 1. The Morgan fingerprint density at radius 3 is 2.38 bits per heavy atom. The lowest BCUT2D eigenvalue weighted by molar-refractivity contribution is -0.132. The molecule has 3 aromatic rings. The number of aromatic nitrogens is 2. The van der Waals surface area contributed by atoms with Crippen LogP contribution in [0.1, 0.15) is 47.2 Å². The second kappa shape index (κ2) is 12.6. The maximum atomic E-state index is 12.7. The molecule has 0 amide bonds. The van der Waals surface area contributed by atoms with Crippen LogP contribution in [0.5, 0.6) is 17.2 Å². The predicted octanol–water partition coefficient (Wildman–Crippen LogP) is 4.74. The molecule has 2 aromatic carbocycles. The molecule has 9 nitrogen and oxygen atoms in total. The van der Waals surface area contributed by atoms with Gasteiger partial charge in [0.15, 0.2) is 11.5 Å². The third kappa shape index (κ3) is 6.30. The number of aryl methyl sites for hydroxylation is 1. The van der Waals surface area contributed by atoms with Gasteiger partial charge in [0.1, 0.15) is 11.6 Å². The Morgan fingerprint density at radius 1 is 1.00 bits per heavy atom. The summed E-state index contributed by atoms with van der Waals surface area (Å²) in [6.45, 7) is 2.08. The van der Waals surface area contributed by atoms with Gasteiger partial charge in [0, 0.05) is 18.4 Å². The molecule has 196 valence electrons. The van der Waals surface area contributed by atoms with Crippen molar-refractivity contribution < 1.29 is 33.6 Å². The highest BCUT2D eigenvalue weighted by molar-refractivity contribution is 5.95. The van der Waals surface area contributed by atoms with E-state index in [4.69, 9.17) is 18.9 Å². The highest BCUT2D eigenvalue weighted by Crippen LogP contribution is 2.30. The summed E-state index contributed by atoms with van der Waals surface area (Å²) in [4.78, 5) is 29.5. The average molecular weight is 509 g/mol. The summed E-state index contributed by atoms with van der Waals surface area (Å²) in [6, 6.07) is 10.4. The van der Waals surface area contributed by atoms with Crippen LogP contribution < -0.4 is 14.2 Å². The lowest BCUT2D eigenvalue weighted by atomic mass is 10.0. The topological polar surface area (TPSA) is 109 Å². The van der Waals surface area contributed by atoms with Crippen molar-refractivity contribution >= 4 is 18.0 Å². The number of carbonyl (C=O) groups excluding carboxylic acids is 1. The molecule has 1 N–H and O–H groups in total. The van der Waals surface area contributed by atoms with Crippen molar-refractivity contribution in [3.8, 4) is 22.9 Å². The second-order valence-electron chi connectivity index (χ2n) is 8.25. The quantitative estimate of drug-likeness (QED) is 0.276. The van der Waals surface area contributed by atoms with Crippen LogP contribution in [0.25, 0.3) is 11.8 Å². The third-order valence-electron chi connectivity index (χ3n) is 5.91. The zero-order valence-corrected chi connectivity index (χ0v) is 21.7. The van der Waals surface area contributed by atoms with Crippen molar-refractivity contribution in [3.63, 3.8) is 0 Å². The first-order valence-corrected chi connectivity index (χ1v) is 11.8. The summed E-state index contributed by atoms with van der Waals surface area (Å²) >= 11 is 0. The molecule has 9 heteroatoms. The molecule has 0 aliphatic rings. The van der Waals surface area contributed by atoms with Crippen molar-refractivity contribution in [1.29, 1.82) is 0 Å². The smallest absolute Gasteiger partial charge is 0.340 e. The Labute approximate surface area is 216 Å². The molecule has 0 aliphatic carbocycles. The van der Waals surface area contributed by atoms with Gasteiger partial charge in [-0.05, 0) is 48.4 Å². The van der Waals surface area contributed by atoms with Gasteiger partial charge in [-0.15, -0.1) is 0 Å². The molecule has 3 rings (SSSR count). The molecule has 0 bridgehead atoms. The largest absolute Gasteiger partial charge is 0.497 e. The van der Waals surface area contributed by atoms with E-state index < -0.39 is 11.9 Å². The van der Waals surface area contributed by atoms with Gasteiger partial charge in [-0.25, -0.2) is 14.6 Å². The number of carbonyl (C=O) groups is 2. The highest BCUT2D eigenvalue weighted by atomic mass is 16.5. The number of carboxylic acid groups (broad SMARTS) is 1. The van der Waals surface area contributed by atoms with E-state index in [0.717, 1.165) is 18.4 Å². The van der Waals surface area contributed by atoms with Gasteiger partial charge in [-0.2, -0.15) is 0 Å². The fraction of sp³-hybridized carbons (Fsp3) is 0.321. The summed E-state index contributed by atoms with van der Waals surface area (Å²) in [6.07, 6.45) is 5.80. The predicted molar refractivity (Wildman–Crippen MR) is 139 cm³/mol. The molecule has 0 unspecified atom stereocenters. The number of rotatable bonds is 12. The number of benzene rings is 2. The summed E-state index contributed by atoms with van der Waals surface area (Å²) < 4.78 is 22.8. The van der Waals surface area contributed by atoms with Gasteiger partial charge in [0.05, 0.1) is 51.6 Å². The number of imidazole rings is 1. The normalized spacial score (nSPS) is 11.2. The van der Waals surface area contributed by atoms with Gasteiger partial charge < -0.3 is 24.1 Å². The maximum absolute atomic E-state index is 12.7. The number of methoxy groups -OCH3 is 4. The van der Waals surface area contributed by atoms with Gasteiger partial charge >= 0.3 is 11.9 Å². The molecule has 37 heavy (non-hydrogen) atoms. The van der Waals surface area contributed by atoms with Crippen LogP contribution in [0.15, 0.2) is 48.2 Å². The molecule has 0 aliphatic heterocycles. The van der Waals surface area contributed by atoms with Gasteiger partial charge in [0.25, 0.3) is 0 Å². The Hall–Kier alpha value is -4.27. The number of nitrogens with zero attached hydrogens (tertiary/aromatic N) is 2.